The number of hydrogen-bond acceptors (Lipinski definition) is 4. The summed E-state index contributed by atoms with van der Waals surface area (Å²) in [6.07, 6.45) is 0. The minimum absolute atomic E-state index is 0.0499. The van der Waals surface area contributed by atoms with Crippen molar-refractivity contribution >= 4 is 50.9 Å². The lowest BCUT2D eigenvalue weighted by Crippen LogP contribution is -2.43. The Morgan fingerprint density at radius 1 is 1.18 bits per heavy atom. The minimum Gasteiger partial charge on any atom is -0.482 e. The summed E-state index contributed by atoms with van der Waals surface area (Å²) in [4.78, 5) is 23.2. The molecule has 0 aliphatic rings. The number of benzene rings is 1. The lowest BCUT2D eigenvalue weighted by atomic mass is 10.3. The summed E-state index contributed by atoms with van der Waals surface area (Å²) in [7, 11) is 0. The topological polar surface area (TPSA) is 80.6 Å². The number of carbonyl (C=O) groups is 2. The molecule has 0 unspecified atom stereocenters. The fourth-order valence-electron chi connectivity index (χ4n) is 1.40. The fraction of sp³-hybridized carbons (Fsp3) is 0.0769. The van der Waals surface area contributed by atoms with E-state index in [1.54, 1.807) is 12.1 Å². The summed E-state index contributed by atoms with van der Waals surface area (Å²) >= 11 is 14.7. The van der Waals surface area contributed by atoms with Gasteiger partial charge >= 0.3 is 5.91 Å². The number of hydrogen-bond donors (Lipinski definition) is 2. The summed E-state index contributed by atoms with van der Waals surface area (Å²) in [5, 5.41) is 0.739. The van der Waals surface area contributed by atoms with Crippen LogP contribution in [-0.2, 0) is 4.79 Å². The first-order valence-corrected chi connectivity index (χ1v) is 7.43. The fourth-order valence-corrected chi connectivity index (χ4v) is 2.17. The van der Waals surface area contributed by atoms with Gasteiger partial charge in [0.1, 0.15) is 5.75 Å². The first-order valence-electron chi connectivity index (χ1n) is 5.88. The highest BCUT2D eigenvalue weighted by atomic mass is 79.9. The van der Waals surface area contributed by atoms with Gasteiger partial charge in [-0.15, -0.1) is 0 Å². The van der Waals surface area contributed by atoms with E-state index in [4.69, 9.17) is 32.4 Å². The van der Waals surface area contributed by atoms with Gasteiger partial charge in [0.25, 0.3) is 5.91 Å². The summed E-state index contributed by atoms with van der Waals surface area (Å²) in [6.45, 7) is -0.330. The molecule has 2 N–H and O–H groups in total. The highest BCUT2D eigenvalue weighted by Crippen LogP contribution is 2.27. The number of halogens is 3. The van der Waals surface area contributed by atoms with Crippen LogP contribution in [0.4, 0.5) is 0 Å². The maximum Gasteiger partial charge on any atom is 0.305 e. The number of amides is 2. The first kappa shape index (κ1) is 16.7. The van der Waals surface area contributed by atoms with E-state index in [0.717, 1.165) is 0 Å². The van der Waals surface area contributed by atoms with Crippen molar-refractivity contribution in [1.29, 1.82) is 0 Å². The molecule has 1 heterocycles. The zero-order chi connectivity index (χ0) is 16.1. The van der Waals surface area contributed by atoms with E-state index in [2.05, 4.69) is 26.8 Å². The lowest BCUT2D eigenvalue weighted by Gasteiger charge is -2.09. The smallest absolute Gasteiger partial charge is 0.305 e. The van der Waals surface area contributed by atoms with Crippen LogP contribution in [0.3, 0.4) is 0 Å². The molecule has 1 aromatic heterocycles. The van der Waals surface area contributed by atoms with Crippen LogP contribution in [0.15, 0.2) is 39.4 Å². The summed E-state index contributed by atoms with van der Waals surface area (Å²) in [6, 6.07) is 7.62. The third-order valence-electron chi connectivity index (χ3n) is 2.37. The first-order chi connectivity index (χ1) is 10.5. The van der Waals surface area contributed by atoms with Crippen LogP contribution in [-0.4, -0.2) is 18.4 Å². The molecule has 6 nitrogen and oxygen atoms in total. The van der Waals surface area contributed by atoms with Gasteiger partial charge < -0.3 is 9.15 Å². The van der Waals surface area contributed by atoms with Gasteiger partial charge in [-0.2, -0.15) is 0 Å². The van der Waals surface area contributed by atoms with E-state index in [9.17, 15) is 9.59 Å². The van der Waals surface area contributed by atoms with Crippen LogP contribution in [0.5, 0.6) is 5.75 Å². The lowest BCUT2D eigenvalue weighted by molar-refractivity contribution is -0.123. The van der Waals surface area contributed by atoms with Gasteiger partial charge in [0.2, 0.25) is 0 Å². The Kier molecular flexibility index (Phi) is 5.70. The van der Waals surface area contributed by atoms with Gasteiger partial charge in [0.05, 0.1) is 5.02 Å². The third-order valence-corrected chi connectivity index (χ3v) is 3.32. The van der Waals surface area contributed by atoms with Crippen LogP contribution in [0.2, 0.25) is 10.0 Å². The molecule has 116 valence electrons. The van der Waals surface area contributed by atoms with Crippen molar-refractivity contribution in [1.82, 2.24) is 10.9 Å². The normalized spacial score (nSPS) is 10.1. The van der Waals surface area contributed by atoms with Gasteiger partial charge in [-0.3, -0.25) is 20.4 Å². The van der Waals surface area contributed by atoms with E-state index in [1.807, 2.05) is 0 Å². The quantitative estimate of drug-likeness (QED) is 0.762. The Balaban J connectivity index is 1.79. The van der Waals surface area contributed by atoms with Crippen molar-refractivity contribution in [2.45, 2.75) is 0 Å². The summed E-state index contributed by atoms with van der Waals surface area (Å²) in [5.74, 6) is -0.801. The highest BCUT2D eigenvalue weighted by Gasteiger charge is 2.12. The zero-order valence-electron chi connectivity index (χ0n) is 10.9. The Hall–Kier alpha value is -1.70. The molecule has 0 saturated carbocycles. The van der Waals surface area contributed by atoms with Crippen LogP contribution in [0.1, 0.15) is 10.6 Å². The van der Waals surface area contributed by atoms with E-state index < -0.39 is 11.8 Å². The predicted molar refractivity (Wildman–Crippen MR) is 84.0 cm³/mol. The molecule has 22 heavy (non-hydrogen) atoms. The van der Waals surface area contributed by atoms with E-state index >= 15 is 0 Å². The van der Waals surface area contributed by atoms with Crippen LogP contribution in [0.25, 0.3) is 0 Å². The average molecular weight is 408 g/mol. The second kappa shape index (κ2) is 7.53. The third kappa shape index (κ3) is 4.66. The highest BCUT2D eigenvalue weighted by molar-refractivity contribution is 9.10. The van der Waals surface area contributed by atoms with Crippen molar-refractivity contribution in [3.05, 3.63) is 50.8 Å². The Labute approximate surface area is 143 Å². The number of furan rings is 1. The monoisotopic (exact) mass is 406 g/mol. The molecular formula is C13H9BrCl2N2O4. The Morgan fingerprint density at radius 3 is 2.59 bits per heavy atom. The van der Waals surface area contributed by atoms with Crippen LogP contribution in [0, 0.1) is 0 Å². The van der Waals surface area contributed by atoms with E-state index in [0.29, 0.717) is 15.4 Å². The predicted octanol–water partition coefficient (Wildman–Crippen LogP) is 3.19. The number of carbonyl (C=O) groups excluding carboxylic acids is 2. The number of rotatable bonds is 4. The molecule has 0 aliphatic heterocycles. The van der Waals surface area contributed by atoms with Gasteiger partial charge in [0, 0.05) is 5.02 Å². The second-order valence-electron chi connectivity index (χ2n) is 3.97. The van der Waals surface area contributed by atoms with Crippen LogP contribution >= 0.6 is 39.1 Å². The van der Waals surface area contributed by atoms with Gasteiger partial charge in [-0.05, 0) is 46.3 Å². The molecule has 9 heteroatoms. The van der Waals surface area contributed by atoms with Crippen LogP contribution < -0.4 is 15.6 Å². The van der Waals surface area contributed by atoms with Crippen molar-refractivity contribution < 1.29 is 18.7 Å². The molecule has 0 spiro atoms. The molecule has 0 atom stereocenters. The molecule has 0 fully saturated rings. The van der Waals surface area contributed by atoms with Crippen molar-refractivity contribution in [3.63, 3.8) is 0 Å². The van der Waals surface area contributed by atoms with Gasteiger partial charge in [-0.1, -0.05) is 23.2 Å². The molecule has 0 aliphatic carbocycles. The SMILES string of the molecule is O=C(COc1ccc(Cl)cc1Cl)NNC(=O)c1ccc(Br)o1. The molecule has 2 aromatic rings. The molecule has 1 aromatic carbocycles. The molecular weight excluding hydrogens is 399 g/mol. The van der Waals surface area contributed by atoms with Crippen molar-refractivity contribution in [2.24, 2.45) is 0 Å². The largest absolute Gasteiger partial charge is 0.482 e. The molecule has 2 rings (SSSR count). The standard InChI is InChI=1S/C13H9BrCl2N2O4/c14-11-4-3-10(22-11)13(20)18-17-12(19)6-21-9-2-1-7(15)5-8(9)16/h1-5H,6H2,(H,17,19)(H,18,20). The minimum atomic E-state index is -0.594. The Morgan fingerprint density at radius 2 is 1.95 bits per heavy atom. The Bertz CT molecular complexity index is 705. The molecule has 2 amide bonds. The van der Waals surface area contributed by atoms with Gasteiger partial charge in [0.15, 0.2) is 17.0 Å². The van der Waals surface area contributed by atoms with Gasteiger partial charge in [-0.25, -0.2) is 0 Å². The average Bonchev–Trinajstić information content (AvgIpc) is 2.90. The molecule has 0 saturated heterocycles. The van der Waals surface area contributed by atoms with Crippen molar-refractivity contribution in [2.75, 3.05) is 6.61 Å². The maximum absolute atomic E-state index is 11.6. The summed E-state index contributed by atoms with van der Waals surface area (Å²) in [5.41, 5.74) is 4.37. The number of ether oxygens (including phenoxy) is 1. The second-order valence-corrected chi connectivity index (χ2v) is 5.59. The number of hydrazine groups is 1. The number of nitrogens with one attached hydrogen (secondary N) is 2. The summed E-state index contributed by atoms with van der Waals surface area (Å²) < 4.78 is 10.6. The van der Waals surface area contributed by atoms with Crippen molar-refractivity contribution in [3.8, 4) is 5.75 Å². The molecule has 0 bridgehead atoms. The van der Waals surface area contributed by atoms with E-state index in [-0.39, 0.29) is 17.4 Å². The maximum atomic E-state index is 11.6. The zero-order valence-corrected chi connectivity index (χ0v) is 14.0. The van der Waals surface area contributed by atoms with E-state index in [1.165, 1.54) is 18.2 Å². The molecule has 0 radical (unpaired) electrons.